The molecular formula is C9H10ClN7O. The molecule has 18 heavy (non-hydrogen) atoms. The summed E-state index contributed by atoms with van der Waals surface area (Å²) in [4.78, 5) is 20.2. The van der Waals surface area contributed by atoms with E-state index in [1.165, 1.54) is 0 Å². The first-order chi connectivity index (χ1) is 8.63. The van der Waals surface area contributed by atoms with E-state index in [4.69, 9.17) is 23.0 Å². The monoisotopic (exact) mass is 267 g/mol. The normalized spacial score (nSPS) is 14.2. The summed E-state index contributed by atoms with van der Waals surface area (Å²) in [5, 5.41) is 4.78. The van der Waals surface area contributed by atoms with Crippen LogP contribution in [-0.4, -0.2) is 30.5 Å². The lowest BCUT2D eigenvalue weighted by atomic mass is 10.2. The number of fused-ring (bicyclic) bond motifs is 1. The number of azide groups is 1. The summed E-state index contributed by atoms with van der Waals surface area (Å²) in [6, 6.07) is 3.19. The number of nitrogens with zero attached hydrogens (tertiary/aromatic N) is 6. The number of carbonyl (C=O) groups excluding carboxylic acids is 1. The van der Waals surface area contributed by atoms with Crippen molar-refractivity contribution in [3.63, 3.8) is 0 Å². The lowest BCUT2D eigenvalue weighted by Gasteiger charge is -2.33. The summed E-state index contributed by atoms with van der Waals surface area (Å²) in [5.74, 6) is 5.90. The van der Waals surface area contributed by atoms with Crippen molar-refractivity contribution in [3.05, 3.63) is 27.7 Å². The number of aromatic nitrogens is 1. The first-order valence-electron chi connectivity index (χ1n) is 5.13. The van der Waals surface area contributed by atoms with E-state index in [1.807, 2.05) is 0 Å². The van der Waals surface area contributed by atoms with Crippen LogP contribution < -0.4 is 15.8 Å². The minimum absolute atomic E-state index is 0.0811. The van der Waals surface area contributed by atoms with Crippen molar-refractivity contribution in [3.8, 4) is 0 Å². The Bertz CT molecular complexity index is 528. The molecule has 2 rings (SSSR count). The highest BCUT2D eigenvalue weighted by Gasteiger charge is 2.28. The van der Waals surface area contributed by atoms with Crippen molar-refractivity contribution in [2.24, 2.45) is 11.0 Å². The number of anilines is 2. The molecule has 94 valence electrons. The minimum atomic E-state index is -0.257. The number of rotatable bonds is 3. The molecule has 0 unspecified atom stereocenters. The van der Waals surface area contributed by atoms with Gasteiger partial charge in [0.25, 0.3) is 5.91 Å². The van der Waals surface area contributed by atoms with E-state index in [0.717, 1.165) is 5.01 Å². The molecule has 0 fully saturated rings. The smallest absolute Gasteiger partial charge is 0.260 e. The van der Waals surface area contributed by atoms with Gasteiger partial charge in [-0.05, 0) is 17.7 Å². The lowest BCUT2D eigenvalue weighted by Crippen LogP contribution is -2.50. The summed E-state index contributed by atoms with van der Waals surface area (Å²) >= 11 is 5.82. The molecule has 0 bridgehead atoms. The Morgan fingerprint density at radius 3 is 3.11 bits per heavy atom. The fraction of sp³-hybridized carbons (Fsp3) is 0.333. The van der Waals surface area contributed by atoms with Gasteiger partial charge in [0, 0.05) is 18.0 Å². The predicted octanol–water partition coefficient (Wildman–Crippen LogP) is 1.07. The number of halogens is 1. The maximum atomic E-state index is 11.7. The number of hydrogen-bond acceptors (Lipinski definition) is 5. The van der Waals surface area contributed by atoms with Crippen LogP contribution in [0.4, 0.5) is 11.5 Å². The number of nitrogens with two attached hydrogens (primary N) is 1. The fourth-order valence-corrected chi connectivity index (χ4v) is 1.83. The Morgan fingerprint density at radius 2 is 2.39 bits per heavy atom. The largest absolute Gasteiger partial charge is 0.345 e. The molecule has 8 nitrogen and oxygen atoms in total. The molecule has 1 amide bonds. The Hall–Kier alpha value is -2.02. The van der Waals surface area contributed by atoms with Crippen molar-refractivity contribution in [1.82, 2.24) is 4.98 Å². The van der Waals surface area contributed by atoms with Gasteiger partial charge >= 0.3 is 0 Å². The summed E-state index contributed by atoms with van der Waals surface area (Å²) in [6.45, 7) is 0.698. The summed E-state index contributed by atoms with van der Waals surface area (Å²) in [5.41, 5.74) is 8.72. The van der Waals surface area contributed by atoms with Crippen LogP contribution in [0.15, 0.2) is 17.2 Å². The van der Waals surface area contributed by atoms with Crippen molar-refractivity contribution < 1.29 is 4.79 Å². The van der Waals surface area contributed by atoms with Gasteiger partial charge in [-0.15, -0.1) is 0 Å². The van der Waals surface area contributed by atoms with E-state index in [1.54, 1.807) is 17.0 Å². The highest BCUT2D eigenvalue weighted by Crippen LogP contribution is 2.30. The molecule has 0 radical (unpaired) electrons. The molecule has 0 aromatic carbocycles. The van der Waals surface area contributed by atoms with Gasteiger partial charge in [0.1, 0.15) is 17.4 Å². The van der Waals surface area contributed by atoms with E-state index >= 15 is 0 Å². The Morgan fingerprint density at radius 1 is 1.61 bits per heavy atom. The number of amides is 1. The summed E-state index contributed by atoms with van der Waals surface area (Å²) < 4.78 is 0. The van der Waals surface area contributed by atoms with Crippen molar-refractivity contribution in [2.75, 3.05) is 29.5 Å². The molecule has 2 N–H and O–H groups in total. The number of carbonyl (C=O) groups is 1. The molecule has 1 aliphatic heterocycles. The van der Waals surface area contributed by atoms with Crippen LogP contribution in [-0.2, 0) is 4.79 Å². The fourth-order valence-electron chi connectivity index (χ4n) is 1.68. The maximum Gasteiger partial charge on any atom is 0.260 e. The summed E-state index contributed by atoms with van der Waals surface area (Å²) in [7, 11) is 0. The van der Waals surface area contributed by atoms with Crippen LogP contribution in [0.3, 0.4) is 0 Å². The van der Waals surface area contributed by atoms with Crippen LogP contribution >= 0.6 is 11.6 Å². The third-order valence-corrected chi connectivity index (χ3v) is 2.72. The molecule has 1 aromatic rings. The van der Waals surface area contributed by atoms with E-state index in [0.29, 0.717) is 23.2 Å². The van der Waals surface area contributed by atoms with Gasteiger partial charge in [-0.25, -0.2) is 15.8 Å². The lowest BCUT2D eigenvalue weighted by molar-refractivity contribution is -0.117. The molecule has 0 saturated carbocycles. The van der Waals surface area contributed by atoms with Gasteiger partial charge in [0.2, 0.25) is 0 Å². The number of hydrogen-bond donors (Lipinski definition) is 1. The minimum Gasteiger partial charge on any atom is -0.345 e. The second-order valence-electron chi connectivity index (χ2n) is 3.62. The van der Waals surface area contributed by atoms with E-state index in [2.05, 4.69) is 15.0 Å². The zero-order chi connectivity index (χ0) is 13.1. The average molecular weight is 268 g/mol. The Balaban J connectivity index is 2.33. The molecule has 2 heterocycles. The summed E-state index contributed by atoms with van der Waals surface area (Å²) in [6.07, 6.45) is 0. The van der Waals surface area contributed by atoms with Gasteiger partial charge < -0.3 is 4.90 Å². The SMILES string of the molecule is [N-]=[N+]=NCCN1CC(=O)N(N)c2ccc(Cl)nc21. The van der Waals surface area contributed by atoms with Crippen LogP contribution in [0.1, 0.15) is 0 Å². The van der Waals surface area contributed by atoms with E-state index in [9.17, 15) is 4.79 Å². The second kappa shape index (κ2) is 5.09. The average Bonchev–Trinajstić information content (AvgIpc) is 2.35. The molecule has 9 heteroatoms. The van der Waals surface area contributed by atoms with Gasteiger partial charge in [0.05, 0.1) is 0 Å². The third kappa shape index (κ3) is 2.30. The highest BCUT2D eigenvalue weighted by molar-refractivity contribution is 6.29. The van der Waals surface area contributed by atoms with Crippen LogP contribution in [0.2, 0.25) is 5.15 Å². The van der Waals surface area contributed by atoms with E-state index in [-0.39, 0.29) is 19.0 Å². The van der Waals surface area contributed by atoms with Crippen molar-refractivity contribution in [1.29, 1.82) is 0 Å². The zero-order valence-corrected chi connectivity index (χ0v) is 10.1. The maximum absolute atomic E-state index is 11.7. The molecule has 0 spiro atoms. The molecule has 0 saturated heterocycles. The van der Waals surface area contributed by atoms with Crippen LogP contribution in [0, 0.1) is 0 Å². The van der Waals surface area contributed by atoms with Gasteiger partial charge in [0.15, 0.2) is 5.82 Å². The highest BCUT2D eigenvalue weighted by atomic mass is 35.5. The molecule has 0 atom stereocenters. The molecule has 1 aromatic heterocycles. The van der Waals surface area contributed by atoms with Crippen molar-refractivity contribution >= 4 is 29.0 Å². The van der Waals surface area contributed by atoms with Crippen LogP contribution in [0.5, 0.6) is 0 Å². The molecule has 1 aliphatic rings. The quantitative estimate of drug-likeness (QED) is 0.220. The zero-order valence-electron chi connectivity index (χ0n) is 9.32. The molecular weight excluding hydrogens is 258 g/mol. The number of hydrazine groups is 1. The number of pyridine rings is 1. The Kier molecular flexibility index (Phi) is 3.52. The first kappa shape index (κ1) is 12.4. The van der Waals surface area contributed by atoms with Crippen LogP contribution in [0.25, 0.3) is 10.4 Å². The van der Waals surface area contributed by atoms with Gasteiger partial charge in [-0.1, -0.05) is 16.7 Å². The standard InChI is InChI=1S/C9H10ClN7O/c10-7-2-1-6-9(14-7)16(4-3-13-15-11)5-8(18)17(6)12/h1-2H,3-5,12H2. The van der Waals surface area contributed by atoms with Gasteiger partial charge in [-0.3, -0.25) is 4.79 Å². The first-order valence-corrected chi connectivity index (χ1v) is 5.51. The topological polar surface area (TPSA) is 111 Å². The van der Waals surface area contributed by atoms with Gasteiger partial charge in [-0.2, -0.15) is 0 Å². The molecule has 0 aliphatic carbocycles. The van der Waals surface area contributed by atoms with E-state index < -0.39 is 0 Å². The third-order valence-electron chi connectivity index (χ3n) is 2.51. The Labute approximate surface area is 108 Å². The second-order valence-corrected chi connectivity index (χ2v) is 4.00. The predicted molar refractivity (Wildman–Crippen MR) is 67.1 cm³/mol. The van der Waals surface area contributed by atoms with Crippen molar-refractivity contribution in [2.45, 2.75) is 0 Å².